The molecule has 0 bridgehead atoms. The van der Waals surface area contributed by atoms with Gasteiger partial charge in [-0.2, -0.15) is 0 Å². The second-order valence-electron chi connectivity index (χ2n) is 24.4. The third-order valence-electron chi connectivity index (χ3n) is 16.3. The first-order valence-electron chi connectivity index (χ1n) is 34.6. The van der Waals surface area contributed by atoms with Crippen molar-refractivity contribution in [3.05, 3.63) is 0 Å². The number of carbonyl (C=O) groups is 2. The molecule has 0 aromatic rings. The molecule has 0 rings (SSSR count). The fourth-order valence-electron chi connectivity index (χ4n) is 11.2. The van der Waals surface area contributed by atoms with Gasteiger partial charge in [0.05, 0.1) is 24.4 Å². The third-order valence-corrected chi connectivity index (χ3v) is 18.4. The first-order valence-corrected chi connectivity index (χ1v) is 36.6. The van der Waals surface area contributed by atoms with Crippen LogP contribution in [-0.4, -0.2) is 116 Å². The molecule has 0 saturated heterocycles. The highest BCUT2D eigenvalue weighted by Gasteiger charge is 2.18. The molecule has 8 nitrogen and oxygen atoms in total. The minimum Gasteiger partial charge on any atom is -0.392 e. The van der Waals surface area contributed by atoms with Crippen molar-refractivity contribution in [2.45, 2.75) is 373 Å². The van der Waals surface area contributed by atoms with Crippen LogP contribution in [0.1, 0.15) is 349 Å². The number of rotatable bonds is 65. The maximum atomic E-state index is 12.9. The molecule has 466 valence electrons. The standard InChI is InChI=1S/C68H136N2O6S2/c1-5-9-13-17-21-25-29-33-37-41-49-63(71)59-69(60-64(72)50-42-38-34-30-26-22-18-14-10-6-2)55-47-45-53-67(75)77-57-58-78-68(76)54-46-48-56-70(61-65(73)51-43-39-35-31-27-23-19-15-11-7-3)62-66(74)52-44-40-36-32-28-24-20-16-12-8-4/h63-66,71-74H,5-62H2,1-4H3. The molecule has 0 aliphatic rings. The second kappa shape index (κ2) is 62.8. The molecule has 4 N–H and O–H groups in total. The molecule has 10 heteroatoms. The van der Waals surface area contributed by atoms with E-state index in [0.717, 1.165) is 90.1 Å². The van der Waals surface area contributed by atoms with E-state index in [1.54, 1.807) is 0 Å². The van der Waals surface area contributed by atoms with Crippen LogP contribution in [0.2, 0.25) is 0 Å². The van der Waals surface area contributed by atoms with E-state index < -0.39 is 0 Å². The zero-order chi connectivity index (χ0) is 57.0. The number of aliphatic hydroxyl groups excluding tert-OH is 4. The van der Waals surface area contributed by atoms with E-state index in [9.17, 15) is 30.0 Å². The van der Waals surface area contributed by atoms with E-state index in [0.29, 0.717) is 50.5 Å². The van der Waals surface area contributed by atoms with Crippen LogP contribution in [0.4, 0.5) is 0 Å². The molecule has 78 heavy (non-hydrogen) atoms. The van der Waals surface area contributed by atoms with Crippen molar-refractivity contribution in [2.75, 3.05) is 50.8 Å². The summed E-state index contributed by atoms with van der Waals surface area (Å²) in [6.07, 6.45) is 57.4. The lowest BCUT2D eigenvalue weighted by atomic mass is 10.0. The molecule has 0 aliphatic heterocycles. The Morgan fingerprint density at radius 3 is 0.679 bits per heavy atom. The molecular formula is C68H136N2O6S2. The summed E-state index contributed by atoms with van der Waals surface area (Å²) in [4.78, 5) is 30.3. The van der Waals surface area contributed by atoms with Gasteiger partial charge < -0.3 is 20.4 Å². The van der Waals surface area contributed by atoms with Crippen LogP contribution in [0.15, 0.2) is 0 Å². The van der Waals surface area contributed by atoms with E-state index in [-0.39, 0.29) is 34.6 Å². The van der Waals surface area contributed by atoms with Gasteiger partial charge in [0, 0.05) is 50.5 Å². The van der Waals surface area contributed by atoms with Crippen LogP contribution >= 0.6 is 23.5 Å². The monoisotopic (exact) mass is 1140 g/mol. The van der Waals surface area contributed by atoms with E-state index >= 15 is 0 Å². The second-order valence-corrected chi connectivity index (χ2v) is 26.7. The average molecular weight is 1140 g/mol. The lowest BCUT2D eigenvalue weighted by Gasteiger charge is -2.27. The Morgan fingerprint density at radius 2 is 0.474 bits per heavy atom. The number of hydrogen-bond donors (Lipinski definition) is 4. The summed E-state index contributed by atoms with van der Waals surface area (Å²) in [6.45, 7) is 13.0. The molecule has 4 atom stereocenters. The smallest absolute Gasteiger partial charge is 0.188 e. The minimum absolute atomic E-state index is 0.183. The van der Waals surface area contributed by atoms with Crippen molar-refractivity contribution in [1.29, 1.82) is 0 Å². The normalized spacial score (nSPS) is 13.5. The van der Waals surface area contributed by atoms with Gasteiger partial charge in [-0.15, -0.1) is 0 Å². The molecule has 0 aliphatic carbocycles. The molecular weight excluding hydrogens is 1000 g/mol. The Labute approximate surface area is 494 Å². The zero-order valence-electron chi connectivity index (χ0n) is 52.6. The average Bonchev–Trinajstić information content (AvgIpc) is 3.42. The maximum Gasteiger partial charge on any atom is 0.188 e. The Morgan fingerprint density at radius 1 is 0.282 bits per heavy atom. The first kappa shape index (κ1) is 77.8. The fourth-order valence-corrected chi connectivity index (χ4v) is 12.9. The van der Waals surface area contributed by atoms with Gasteiger partial charge >= 0.3 is 0 Å². The Balaban J connectivity index is 4.74. The van der Waals surface area contributed by atoms with Crippen molar-refractivity contribution in [3.63, 3.8) is 0 Å². The molecule has 0 heterocycles. The highest BCUT2D eigenvalue weighted by atomic mass is 32.2. The SMILES string of the molecule is CCCCCCCCCCCCC(O)CN(CCCCC(=O)SCCSC(=O)CCCCN(CC(O)CCCCCCCCCCCC)CC(O)CCCCCCCCCCCC)CC(O)CCCCCCCCCCCC. The van der Waals surface area contributed by atoms with Crippen molar-refractivity contribution in [1.82, 2.24) is 9.80 Å². The number of carbonyl (C=O) groups excluding carboxylic acids is 2. The summed E-state index contributed by atoms with van der Waals surface area (Å²) in [5.74, 6) is 1.28. The number of hydrogen-bond acceptors (Lipinski definition) is 10. The van der Waals surface area contributed by atoms with Gasteiger partial charge in [0.25, 0.3) is 0 Å². The fraction of sp³-hybridized carbons (Fsp3) is 0.971. The molecule has 0 aromatic carbocycles. The predicted molar refractivity (Wildman–Crippen MR) is 345 cm³/mol. The summed E-state index contributed by atoms with van der Waals surface area (Å²) in [6, 6.07) is 0. The van der Waals surface area contributed by atoms with Gasteiger partial charge in [-0.05, 0) is 64.5 Å². The molecule has 0 radical (unpaired) electrons. The number of thioether (sulfide) groups is 2. The van der Waals surface area contributed by atoms with Crippen LogP contribution in [0.5, 0.6) is 0 Å². The highest BCUT2D eigenvalue weighted by Crippen LogP contribution is 2.20. The van der Waals surface area contributed by atoms with E-state index in [1.165, 1.54) is 255 Å². The number of aliphatic hydroxyl groups is 4. The highest BCUT2D eigenvalue weighted by molar-refractivity contribution is 8.16. The van der Waals surface area contributed by atoms with Crippen LogP contribution < -0.4 is 0 Å². The topological polar surface area (TPSA) is 122 Å². The summed E-state index contributed by atoms with van der Waals surface area (Å²) < 4.78 is 0. The zero-order valence-corrected chi connectivity index (χ0v) is 54.3. The van der Waals surface area contributed by atoms with Crippen molar-refractivity contribution in [3.8, 4) is 0 Å². The summed E-state index contributed by atoms with van der Waals surface area (Å²) in [5.41, 5.74) is 0. The first-order chi connectivity index (χ1) is 38.1. The van der Waals surface area contributed by atoms with Crippen molar-refractivity contribution >= 4 is 33.8 Å². The Kier molecular flexibility index (Phi) is 62.7. The van der Waals surface area contributed by atoms with Gasteiger partial charge in [0.1, 0.15) is 0 Å². The van der Waals surface area contributed by atoms with E-state index in [4.69, 9.17) is 0 Å². The van der Waals surface area contributed by atoms with Crippen LogP contribution in [0, 0.1) is 0 Å². The van der Waals surface area contributed by atoms with E-state index in [1.807, 2.05) is 0 Å². The number of unbranched alkanes of at least 4 members (excludes halogenated alkanes) is 38. The van der Waals surface area contributed by atoms with Crippen LogP contribution in [0.25, 0.3) is 0 Å². The van der Waals surface area contributed by atoms with Gasteiger partial charge in [0.2, 0.25) is 0 Å². The lowest BCUT2D eigenvalue weighted by molar-refractivity contribution is -0.111. The van der Waals surface area contributed by atoms with Gasteiger partial charge in [0.15, 0.2) is 10.2 Å². The molecule has 0 fully saturated rings. The van der Waals surface area contributed by atoms with Crippen LogP contribution in [0.3, 0.4) is 0 Å². The molecule has 4 unspecified atom stereocenters. The van der Waals surface area contributed by atoms with Crippen molar-refractivity contribution in [2.24, 2.45) is 0 Å². The molecule has 0 spiro atoms. The van der Waals surface area contributed by atoms with Gasteiger partial charge in [-0.3, -0.25) is 19.4 Å². The van der Waals surface area contributed by atoms with Crippen molar-refractivity contribution < 1.29 is 30.0 Å². The quantitative estimate of drug-likeness (QED) is 0.0438. The molecule has 0 saturated carbocycles. The van der Waals surface area contributed by atoms with E-state index in [2.05, 4.69) is 37.5 Å². The van der Waals surface area contributed by atoms with Gasteiger partial charge in [-0.1, -0.05) is 308 Å². The predicted octanol–water partition coefficient (Wildman–Crippen LogP) is 19.1. The summed E-state index contributed by atoms with van der Waals surface area (Å²) >= 11 is 2.70. The lowest BCUT2D eigenvalue weighted by Crippen LogP contribution is -2.38. The minimum atomic E-state index is -0.387. The Bertz CT molecular complexity index is 1060. The summed E-state index contributed by atoms with van der Waals surface area (Å²) in [5, 5.41) is 44.6. The summed E-state index contributed by atoms with van der Waals surface area (Å²) in [7, 11) is 0. The maximum absolute atomic E-state index is 12.9. The molecule has 0 aromatic heterocycles. The number of nitrogens with zero attached hydrogens (tertiary/aromatic N) is 2. The van der Waals surface area contributed by atoms with Crippen LogP contribution in [-0.2, 0) is 9.59 Å². The Hall–Kier alpha value is -0.200. The molecule has 0 amide bonds. The third kappa shape index (κ3) is 59.0. The largest absolute Gasteiger partial charge is 0.392 e. The van der Waals surface area contributed by atoms with Gasteiger partial charge in [-0.25, -0.2) is 0 Å².